The van der Waals surface area contributed by atoms with Crippen molar-refractivity contribution in [2.45, 2.75) is 38.3 Å². The minimum atomic E-state index is -1.24. The second kappa shape index (κ2) is 21.0. The largest absolute Gasteiger partial charge is 0.488 e. The highest BCUT2D eigenvalue weighted by molar-refractivity contribution is 5.98. The zero-order valence-electron chi connectivity index (χ0n) is 22.6. The van der Waals surface area contributed by atoms with Crippen LogP contribution in [0.15, 0.2) is 42.5 Å². The minimum Gasteiger partial charge on any atom is -0.488 e. The molecule has 0 unspecified atom stereocenters. The van der Waals surface area contributed by atoms with Crippen molar-refractivity contribution in [3.63, 3.8) is 0 Å². The number of nitrogens with zero attached hydrogens (tertiary/aromatic N) is 1. The molecule has 0 fully saturated rings. The highest BCUT2D eigenvalue weighted by Gasteiger charge is 2.27. The van der Waals surface area contributed by atoms with Crippen LogP contribution in [0.2, 0.25) is 0 Å². The Labute approximate surface area is 257 Å². The van der Waals surface area contributed by atoms with Crippen molar-refractivity contribution in [2.75, 3.05) is 38.1 Å². The average molecular weight is 644 g/mol. The topological polar surface area (TPSA) is 166 Å². The standard InChI is InChI=1S/C26H36F2N6O4.3ClH/c1-2-38-24-19(27)14-18(15-20(24)28)32-26(37)22(9-8-17-6-4-3-5-7-17)33-25(36)21(31)16-23(35)34(12-10-29)13-11-30;;;/h3-7,14-15,21-22H,2,8-13,16,29-31H2,1H3,(H,32,37)(H,33,36);3*1H/t21-,22-;;;/m0.../s1. The Hall–Kier alpha value is -2.74. The van der Waals surface area contributed by atoms with Gasteiger partial charge in [0.1, 0.15) is 6.04 Å². The Bertz CT molecular complexity index is 1060. The summed E-state index contributed by atoms with van der Waals surface area (Å²) in [4.78, 5) is 39.9. The Morgan fingerprint density at radius 2 is 1.51 bits per heavy atom. The van der Waals surface area contributed by atoms with E-state index in [0.717, 1.165) is 17.7 Å². The number of nitrogens with two attached hydrogens (primary N) is 3. The van der Waals surface area contributed by atoms with Crippen LogP contribution in [0.4, 0.5) is 14.5 Å². The number of halogens is 5. The van der Waals surface area contributed by atoms with Crippen LogP contribution >= 0.6 is 37.2 Å². The molecule has 0 radical (unpaired) electrons. The smallest absolute Gasteiger partial charge is 0.246 e. The summed E-state index contributed by atoms with van der Waals surface area (Å²) in [5.74, 6) is -4.33. The van der Waals surface area contributed by atoms with Crippen molar-refractivity contribution < 1.29 is 27.9 Å². The summed E-state index contributed by atoms with van der Waals surface area (Å²) in [5.41, 5.74) is 17.8. The molecular formula is C26H39Cl3F2N6O4. The first-order chi connectivity index (χ1) is 18.2. The normalized spacial score (nSPS) is 11.5. The minimum absolute atomic E-state index is 0. The third-order valence-electron chi connectivity index (χ3n) is 5.63. The van der Waals surface area contributed by atoms with Gasteiger partial charge in [0.05, 0.1) is 19.1 Å². The van der Waals surface area contributed by atoms with Crippen LogP contribution in [-0.4, -0.2) is 67.5 Å². The molecule has 3 amide bonds. The molecule has 2 rings (SSSR count). The number of anilines is 1. The summed E-state index contributed by atoms with van der Waals surface area (Å²) >= 11 is 0. The summed E-state index contributed by atoms with van der Waals surface area (Å²) < 4.78 is 33.5. The Kier molecular flexibility index (Phi) is 20.7. The molecule has 15 heteroatoms. The van der Waals surface area contributed by atoms with E-state index in [4.69, 9.17) is 21.9 Å². The molecule has 232 valence electrons. The van der Waals surface area contributed by atoms with Crippen molar-refractivity contribution in [1.29, 1.82) is 0 Å². The third-order valence-corrected chi connectivity index (χ3v) is 5.63. The van der Waals surface area contributed by atoms with E-state index in [2.05, 4.69) is 10.6 Å². The van der Waals surface area contributed by atoms with Gasteiger partial charge in [0.2, 0.25) is 17.7 Å². The molecule has 41 heavy (non-hydrogen) atoms. The average Bonchev–Trinajstić information content (AvgIpc) is 2.88. The predicted octanol–water partition coefficient (Wildman–Crippen LogP) is 2.15. The van der Waals surface area contributed by atoms with Crippen LogP contribution < -0.4 is 32.6 Å². The van der Waals surface area contributed by atoms with Gasteiger partial charge in [-0.2, -0.15) is 0 Å². The fourth-order valence-corrected chi connectivity index (χ4v) is 3.73. The van der Waals surface area contributed by atoms with E-state index in [0.29, 0.717) is 6.42 Å². The molecule has 0 heterocycles. The number of nitrogens with one attached hydrogen (secondary N) is 2. The molecule has 0 aliphatic rings. The van der Waals surface area contributed by atoms with Gasteiger partial charge < -0.3 is 37.5 Å². The zero-order valence-corrected chi connectivity index (χ0v) is 25.1. The van der Waals surface area contributed by atoms with Crippen molar-refractivity contribution in [3.8, 4) is 5.75 Å². The van der Waals surface area contributed by atoms with Crippen LogP contribution in [0.5, 0.6) is 5.75 Å². The maximum Gasteiger partial charge on any atom is 0.246 e. The fourth-order valence-electron chi connectivity index (χ4n) is 3.73. The molecule has 0 aliphatic heterocycles. The first kappa shape index (κ1) is 40.4. The van der Waals surface area contributed by atoms with Crippen LogP contribution in [0.3, 0.4) is 0 Å². The van der Waals surface area contributed by atoms with Crippen LogP contribution in [0.25, 0.3) is 0 Å². The maximum atomic E-state index is 14.3. The molecule has 0 spiro atoms. The maximum absolute atomic E-state index is 14.3. The van der Waals surface area contributed by atoms with Gasteiger partial charge in [-0.25, -0.2) is 8.78 Å². The number of carbonyl (C=O) groups is 3. The fraction of sp³-hybridized carbons (Fsp3) is 0.423. The highest BCUT2D eigenvalue weighted by atomic mass is 35.5. The summed E-state index contributed by atoms with van der Waals surface area (Å²) in [7, 11) is 0. The lowest BCUT2D eigenvalue weighted by Crippen LogP contribution is -2.52. The third kappa shape index (κ3) is 13.2. The number of benzene rings is 2. The molecule has 0 saturated carbocycles. The number of ether oxygens (including phenoxy) is 1. The molecule has 0 saturated heterocycles. The lowest BCUT2D eigenvalue weighted by atomic mass is 10.0. The second-order valence-corrected chi connectivity index (χ2v) is 8.55. The van der Waals surface area contributed by atoms with E-state index in [1.165, 1.54) is 4.90 Å². The molecule has 10 nitrogen and oxygen atoms in total. The Morgan fingerprint density at radius 3 is 2.02 bits per heavy atom. The van der Waals surface area contributed by atoms with Gasteiger partial charge in [0.25, 0.3) is 0 Å². The van der Waals surface area contributed by atoms with Crippen molar-refractivity contribution >= 4 is 60.6 Å². The van der Waals surface area contributed by atoms with Crippen LogP contribution in [0.1, 0.15) is 25.3 Å². The summed E-state index contributed by atoms with van der Waals surface area (Å²) in [5, 5.41) is 5.00. The molecule has 0 aromatic heterocycles. The Morgan fingerprint density at radius 1 is 0.951 bits per heavy atom. The summed E-state index contributed by atoms with van der Waals surface area (Å²) in [6.45, 7) is 2.62. The van der Waals surface area contributed by atoms with E-state index in [1.54, 1.807) is 6.92 Å². The van der Waals surface area contributed by atoms with Gasteiger partial charge in [0, 0.05) is 44.0 Å². The SMILES string of the molecule is CCOc1c(F)cc(NC(=O)[C@H](CCc2ccccc2)NC(=O)[C@@H](N)CC(=O)N(CCN)CCN)cc1F.Cl.Cl.Cl. The van der Waals surface area contributed by atoms with E-state index < -0.39 is 47.2 Å². The zero-order chi connectivity index (χ0) is 28.1. The number of hydrogen-bond donors (Lipinski definition) is 5. The van der Waals surface area contributed by atoms with Gasteiger partial charge >= 0.3 is 0 Å². The molecule has 2 aromatic rings. The number of carbonyl (C=O) groups excluding carboxylic acids is 3. The molecule has 0 bridgehead atoms. The van der Waals surface area contributed by atoms with Gasteiger partial charge in [-0.05, 0) is 25.3 Å². The summed E-state index contributed by atoms with van der Waals surface area (Å²) in [6, 6.07) is 8.75. The molecule has 2 aromatic carbocycles. The van der Waals surface area contributed by atoms with Gasteiger partial charge in [-0.15, -0.1) is 37.2 Å². The van der Waals surface area contributed by atoms with Crippen molar-refractivity contribution in [1.82, 2.24) is 10.2 Å². The molecule has 0 aliphatic carbocycles. The van der Waals surface area contributed by atoms with E-state index >= 15 is 0 Å². The number of rotatable bonds is 15. The van der Waals surface area contributed by atoms with Crippen molar-refractivity contribution in [3.05, 3.63) is 59.7 Å². The molecule has 2 atom stereocenters. The monoisotopic (exact) mass is 642 g/mol. The van der Waals surface area contributed by atoms with Crippen molar-refractivity contribution in [2.24, 2.45) is 17.2 Å². The highest BCUT2D eigenvalue weighted by Crippen LogP contribution is 2.26. The number of aryl methyl sites for hydroxylation is 1. The lowest BCUT2D eigenvalue weighted by molar-refractivity contribution is -0.134. The quantitative estimate of drug-likeness (QED) is 0.198. The van der Waals surface area contributed by atoms with Gasteiger partial charge in [-0.1, -0.05) is 30.3 Å². The van der Waals surface area contributed by atoms with E-state index in [1.807, 2.05) is 30.3 Å². The van der Waals surface area contributed by atoms with E-state index in [-0.39, 0.29) is 88.5 Å². The predicted molar refractivity (Wildman–Crippen MR) is 162 cm³/mol. The lowest BCUT2D eigenvalue weighted by Gasteiger charge is -2.24. The second-order valence-electron chi connectivity index (χ2n) is 8.55. The molecule has 8 N–H and O–H groups in total. The van der Waals surface area contributed by atoms with E-state index in [9.17, 15) is 23.2 Å². The van der Waals surface area contributed by atoms with Gasteiger partial charge in [0.15, 0.2) is 17.4 Å². The number of amides is 3. The Balaban J connectivity index is 0. The van der Waals surface area contributed by atoms with Crippen LogP contribution in [-0.2, 0) is 20.8 Å². The number of hydrogen-bond acceptors (Lipinski definition) is 7. The molecular weight excluding hydrogens is 605 g/mol. The first-order valence-electron chi connectivity index (χ1n) is 12.4. The van der Waals surface area contributed by atoms with Crippen LogP contribution in [0, 0.1) is 11.6 Å². The first-order valence-corrected chi connectivity index (χ1v) is 12.4. The van der Waals surface area contributed by atoms with Gasteiger partial charge in [-0.3, -0.25) is 14.4 Å². The summed E-state index contributed by atoms with van der Waals surface area (Å²) in [6.07, 6.45) is 0.269.